The molecule has 0 bridgehead atoms. The van der Waals surface area contributed by atoms with E-state index >= 15 is 0 Å². The number of esters is 1. The Morgan fingerprint density at radius 3 is 2.68 bits per heavy atom. The van der Waals surface area contributed by atoms with Crippen LogP contribution in [0.5, 0.6) is 0 Å². The van der Waals surface area contributed by atoms with Crippen molar-refractivity contribution in [3.8, 4) is 6.07 Å². The molecule has 3 heterocycles. The molecule has 7 nitrogen and oxygen atoms in total. The SMILES string of the molecule is COC(=O)C1=C(C)OC(N)=C(C#N)C1c1cc2ccc(C)cc2nc1N1CCCCC1. The molecule has 1 fully saturated rings. The number of allylic oxidation sites excluding steroid dienone is 2. The number of hydrogen-bond donors (Lipinski definition) is 1. The summed E-state index contributed by atoms with van der Waals surface area (Å²) in [6.45, 7) is 5.45. The summed E-state index contributed by atoms with van der Waals surface area (Å²) in [7, 11) is 1.32. The van der Waals surface area contributed by atoms with Gasteiger partial charge in [0.15, 0.2) is 0 Å². The number of nitrogens with two attached hydrogens (primary N) is 1. The summed E-state index contributed by atoms with van der Waals surface area (Å²) < 4.78 is 10.6. The second kappa shape index (κ2) is 8.31. The number of fused-ring (bicyclic) bond motifs is 1. The van der Waals surface area contributed by atoms with E-state index in [9.17, 15) is 10.1 Å². The maximum absolute atomic E-state index is 12.8. The fourth-order valence-corrected chi connectivity index (χ4v) is 4.42. The van der Waals surface area contributed by atoms with E-state index in [2.05, 4.69) is 11.0 Å². The number of pyridine rings is 1. The van der Waals surface area contributed by atoms with Crippen LogP contribution in [0.4, 0.5) is 5.82 Å². The summed E-state index contributed by atoms with van der Waals surface area (Å²) in [6, 6.07) is 10.3. The van der Waals surface area contributed by atoms with Crippen LogP contribution in [0.3, 0.4) is 0 Å². The molecule has 0 aliphatic carbocycles. The van der Waals surface area contributed by atoms with Crippen LogP contribution in [0.1, 0.15) is 43.2 Å². The van der Waals surface area contributed by atoms with Gasteiger partial charge in [-0.15, -0.1) is 0 Å². The molecule has 1 saturated heterocycles. The quantitative estimate of drug-likeness (QED) is 0.757. The predicted molar refractivity (Wildman–Crippen MR) is 118 cm³/mol. The summed E-state index contributed by atoms with van der Waals surface area (Å²) >= 11 is 0. The molecule has 0 spiro atoms. The standard InChI is InChI=1S/C24H26N4O3/c1-14-7-8-16-12-17(23(27-19(16)11-14)28-9-5-4-6-10-28)21-18(13-25)22(26)31-15(2)20(21)24(29)30-3/h7-8,11-12,21H,4-6,9-10,26H2,1-3H3. The van der Waals surface area contributed by atoms with Crippen LogP contribution in [0.25, 0.3) is 10.9 Å². The van der Waals surface area contributed by atoms with Gasteiger partial charge >= 0.3 is 5.97 Å². The molecule has 1 aromatic heterocycles. The van der Waals surface area contributed by atoms with Gasteiger partial charge in [-0.25, -0.2) is 9.78 Å². The molecule has 2 aromatic rings. The molecule has 1 aromatic carbocycles. The van der Waals surface area contributed by atoms with Crippen molar-refractivity contribution < 1.29 is 14.3 Å². The van der Waals surface area contributed by atoms with Crippen molar-refractivity contribution in [2.45, 2.75) is 39.0 Å². The van der Waals surface area contributed by atoms with Gasteiger partial charge in [0.2, 0.25) is 5.88 Å². The van der Waals surface area contributed by atoms with Crippen LogP contribution in [-0.4, -0.2) is 31.2 Å². The number of anilines is 1. The lowest BCUT2D eigenvalue weighted by atomic mass is 9.82. The molecule has 4 rings (SSSR count). The lowest BCUT2D eigenvalue weighted by molar-refractivity contribution is -0.136. The monoisotopic (exact) mass is 418 g/mol. The number of aryl methyl sites for hydroxylation is 1. The Hall–Kier alpha value is -3.53. The number of methoxy groups -OCH3 is 1. The van der Waals surface area contributed by atoms with E-state index in [4.69, 9.17) is 20.2 Å². The molecule has 0 radical (unpaired) electrons. The maximum Gasteiger partial charge on any atom is 0.338 e. The fraction of sp³-hybridized carbons (Fsp3) is 0.375. The summed E-state index contributed by atoms with van der Waals surface area (Å²) in [4.78, 5) is 20.0. The zero-order valence-electron chi connectivity index (χ0n) is 18.1. The van der Waals surface area contributed by atoms with Crippen molar-refractivity contribution in [1.82, 2.24) is 4.98 Å². The number of carbonyl (C=O) groups is 1. The van der Waals surface area contributed by atoms with Gasteiger partial charge < -0.3 is 20.1 Å². The molecule has 31 heavy (non-hydrogen) atoms. The van der Waals surface area contributed by atoms with Gasteiger partial charge in [-0.1, -0.05) is 12.1 Å². The highest BCUT2D eigenvalue weighted by atomic mass is 16.5. The Balaban J connectivity index is 2.01. The van der Waals surface area contributed by atoms with E-state index in [1.54, 1.807) is 6.92 Å². The number of ether oxygens (including phenoxy) is 2. The Bertz CT molecular complexity index is 1150. The number of hydrogen-bond acceptors (Lipinski definition) is 7. The molecule has 0 amide bonds. The van der Waals surface area contributed by atoms with E-state index in [0.29, 0.717) is 5.76 Å². The number of aromatic nitrogens is 1. The number of rotatable bonds is 3. The smallest absolute Gasteiger partial charge is 0.338 e. The van der Waals surface area contributed by atoms with E-state index in [1.165, 1.54) is 13.5 Å². The largest absolute Gasteiger partial charge is 0.466 e. The molecule has 0 saturated carbocycles. The molecule has 7 heteroatoms. The average Bonchev–Trinajstić information content (AvgIpc) is 2.78. The normalized spacial score (nSPS) is 19.3. The van der Waals surface area contributed by atoms with Crippen molar-refractivity contribution >= 4 is 22.7 Å². The summed E-state index contributed by atoms with van der Waals surface area (Å²) in [5.41, 5.74) is 9.32. The molecule has 2 N–H and O–H groups in total. The first kappa shape index (κ1) is 20.7. The van der Waals surface area contributed by atoms with E-state index < -0.39 is 11.9 Å². The van der Waals surface area contributed by atoms with Gasteiger partial charge in [-0.2, -0.15) is 5.26 Å². The maximum atomic E-state index is 12.8. The third-order valence-electron chi connectivity index (χ3n) is 5.96. The van der Waals surface area contributed by atoms with E-state index in [0.717, 1.165) is 53.8 Å². The lowest BCUT2D eigenvalue weighted by Crippen LogP contribution is -2.33. The highest BCUT2D eigenvalue weighted by Gasteiger charge is 2.38. The summed E-state index contributed by atoms with van der Waals surface area (Å²) in [6.07, 6.45) is 3.32. The topological polar surface area (TPSA) is 101 Å². The van der Waals surface area contributed by atoms with Gasteiger partial charge in [0.05, 0.1) is 24.1 Å². The Kier molecular flexibility index (Phi) is 5.55. The van der Waals surface area contributed by atoms with Gasteiger partial charge in [0.1, 0.15) is 23.2 Å². The zero-order chi connectivity index (χ0) is 22.1. The predicted octanol–water partition coefficient (Wildman–Crippen LogP) is 3.79. The van der Waals surface area contributed by atoms with Crippen LogP contribution in [0, 0.1) is 18.3 Å². The molecular formula is C24H26N4O3. The molecule has 2 aliphatic heterocycles. The third-order valence-corrected chi connectivity index (χ3v) is 5.96. The first-order chi connectivity index (χ1) is 14.9. The number of nitriles is 1. The first-order valence-corrected chi connectivity index (χ1v) is 10.5. The van der Waals surface area contributed by atoms with Crippen molar-refractivity contribution in [2.24, 2.45) is 5.73 Å². The summed E-state index contributed by atoms with van der Waals surface area (Å²) in [5, 5.41) is 10.9. The molecular weight excluding hydrogens is 392 g/mol. The lowest BCUT2D eigenvalue weighted by Gasteiger charge is -2.33. The average molecular weight is 418 g/mol. The molecule has 2 aliphatic rings. The molecule has 1 atom stereocenters. The second-order valence-electron chi connectivity index (χ2n) is 8.03. The van der Waals surface area contributed by atoms with Crippen LogP contribution in [0.15, 0.2) is 47.1 Å². The highest BCUT2D eigenvalue weighted by Crippen LogP contribution is 2.44. The van der Waals surface area contributed by atoms with E-state index in [-0.39, 0.29) is 17.0 Å². The van der Waals surface area contributed by atoms with Crippen LogP contribution in [0.2, 0.25) is 0 Å². The summed E-state index contributed by atoms with van der Waals surface area (Å²) in [5.74, 6) is -0.134. The number of carbonyl (C=O) groups excluding carboxylic acids is 1. The fourth-order valence-electron chi connectivity index (χ4n) is 4.42. The third kappa shape index (κ3) is 3.70. The molecule has 1 unspecified atom stereocenters. The van der Waals surface area contributed by atoms with Crippen molar-refractivity contribution in [3.05, 3.63) is 58.2 Å². The number of nitrogens with zero attached hydrogens (tertiary/aromatic N) is 3. The highest BCUT2D eigenvalue weighted by molar-refractivity contribution is 5.94. The molecule has 160 valence electrons. The van der Waals surface area contributed by atoms with Crippen LogP contribution >= 0.6 is 0 Å². The number of benzene rings is 1. The van der Waals surface area contributed by atoms with Crippen LogP contribution < -0.4 is 10.6 Å². The Morgan fingerprint density at radius 2 is 2.00 bits per heavy atom. The second-order valence-corrected chi connectivity index (χ2v) is 8.03. The van der Waals surface area contributed by atoms with Crippen molar-refractivity contribution in [2.75, 3.05) is 25.1 Å². The van der Waals surface area contributed by atoms with Gasteiger partial charge in [-0.3, -0.25) is 0 Å². The minimum absolute atomic E-state index is 0.00579. The van der Waals surface area contributed by atoms with Crippen molar-refractivity contribution in [3.63, 3.8) is 0 Å². The Morgan fingerprint density at radius 1 is 1.26 bits per heavy atom. The number of piperidine rings is 1. The van der Waals surface area contributed by atoms with Crippen LogP contribution in [-0.2, 0) is 14.3 Å². The van der Waals surface area contributed by atoms with E-state index in [1.807, 2.05) is 31.2 Å². The zero-order valence-corrected chi connectivity index (χ0v) is 18.1. The minimum atomic E-state index is -0.707. The van der Waals surface area contributed by atoms with Gasteiger partial charge in [0.25, 0.3) is 0 Å². The van der Waals surface area contributed by atoms with Gasteiger partial charge in [0, 0.05) is 24.0 Å². The van der Waals surface area contributed by atoms with Gasteiger partial charge in [-0.05, 0) is 50.8 Å². The Labute approximate surface area is 181 Å². The minimum Gasteiger partial charge on any atom is -0.466 e. The first-order valence-electron chi connectivity index (χ1n) is 10.5. The van der Waals surface area contributed by atoms with Crippen molar-refractivity contribution in [1.29, 1.82) is 5.26 Å².